The number of aryl methyl sites for hydroxylation is 1. The number of rotatable bonds is 8. The smallest absolute Gasteiger partial charge is 0.224 e. The van der Waals surface area contributed by atoms with Crippen LogP contribution in [0.4, 0.5) is 5.69 Å². The summed E-state index contributed by atoms with van der Waals surface area (Å²) in [6, 6.07) is 5.75. The van der Waals surface area contributed by atoms with E-state index in [1.807, 2.05) is 25.1 Å². The minimum absolute atomic E-state index is 0.0386. The molecule has 4 nitrogen and oxygen atoms in total. The average Bonchev–Trinajstić information content (AvgIpc) is 2.39. The molecule has 0 bridgehead atoms. The lowest BCUT2D eigenvalue weighted by atomic mass is 10.1. The summed E-state index contributed by atoms with van der Waals surface area (Å²) < 4.78 is 5.23. The van der Waals surface area contributed by atoms with Crippen molar-refractivity contribution in [2.24, 2.45) is 5.73 Å². The highest BCUT2D eigenvalue weighted by Gasteiger charge is 2.07. The minimum Gasteiger partial charge on any atom is -0.495 e. The van der Waals surface area contributed by atoms with Gasteiger partial charge in [-0.3, -0.25) is 4.79 Å². The van der Waals surface area contributed by atoms with Crippen molar-refractivity contribution in [1.82, 2.24) is 0 Å². The normalized spacial score (nSPS) is 10.3. The predicted octanol–water partition coefficient (Wildman–Crippen LogP) is 2.85. The molecular weight excluding hydrogens is 240 g/mol. The third kappa shape index (κ3) is 5.75. The molecule has 0 atom stereocenters. The number of amides is 1. The van der Waals surface area contributed by atoms with Gasteiger partial charge in [0.25, 0.3) is 0 Å². The van der Waals surface area contributed by atoms with Gasteiger partial charge in [0.05, 0.1) is 12.8 Å². The van der Waals surface area contributed by atoms with Crippen LogP contribution in [0.15, 0.2) is 18.2 Å². The first-order chi connectivity index (χ1) is 9.17. The number of nitrogens with one attached hydrogen (secondary N) is 1. The van der Waals surface area contributed by atoms with E-state index in [9.17, 15) is 4.79 Å². The Bertz CT molecular complexity index is 405. The zero-order chi connectivity index (χ0) is 14.1. The van der Waals surface area contributed by atoms with Gasteiger partial charge in [-0.2, -0.15) is 0 Å². The van der Waals surface area contributed by atoms with Crippen LogP contribution in [0.3, 0.4) is 0 Å². The lowest BCUT2D eigenvalue weighted by molar-refractivity contribution is -0.116. The van der Waals surface area contributed by atoms with E-state index in [1.54, 1.807) is 7.11 Å². The van der Waals surface area contributed by atoms with Crippen LogP contribution in [0.1, 0.15) is 37.7 Å². The molecule has 4 heteroatoms. The molecule has 0 spiro atoms. The van der Waals surface area contributed by atoms with Crippen molar-refractivity contribution in [3.8, 4) is 5.75 Å². The second-order valence-corrected chi connectivity index (χ2v) is 4.70. The van der Waals surface area contributed by atoms with Crippen LogP contribution in [-0.4, -0.2) is 19.6 Å². The van der Waals surface area contributed by atoms with E-state index >= 15 is 0 Å². The summed E-state index contributed by atoms with van der Waals surface area (Å²) in [5.74, 6) is 0.735. The first-order valence-electron chi connectivity index (χ1n) is 6.82. The number of carbonyl (C=O) groups is 1. The number of benzene rings is 1. The SMILES string of the molecule is COc1ccc(C)cc1NC(=O)CCCCCCN. The molecule has 0 heterocycles. The number of carbonyl (C=O) groups excluding carboxylic acids is 1. The lowest BCUT2D eigenvalue weighted by Crippen LogP contribution is -2.12. The number of ether oxygens (including phenoxy) is 1. The van der Waals surface area contributed by atoms with Gasteiger partial charge in [0.15, 0.2) is 0 Å². The molecule has 0 fully saturated rings. The van der Waals surface area contributed by atoms with Crippen LogP contribution in [0, 0.1) is 6.92 Å². The summed E-state index contributed by atoms with van der Waals surface area (Å²) in [5, 5.41) is 2.90. The van der Waals surface area contributed by atoms with Crippen LogP contribution < -0.4 is 15.8 Å². The van der Waals surface area contributed by atoms with Crippen molar-refractivity contribution < 1.29 is 9.53 Å². The van der Waals surface area contributed by atoms with Gasteiger partial charge in [-0.1, -0.05) is 18.9 Å². The van der Waals surface area contributed by atoms with Crippen LogP contribution in [0.5, 0.6) is 5.75 Å². The third-order valence-corrected chi connectivity index (χ3v) is 2.99. The number of nitrogens with two attached hydrogens (primary N) is 1. The van der Waals surface area contributed by atoms with Gasteiger partial charge >= 0.3 is 0 Å². The zero-order valence-corrected chi connectivity index (χ0v) is 11.9. The Labute approximate surface area is 115 Å². The number of hydrogen-bond donors (Lipinski definition) is 2. The molecule has 0 saturated heterocycles. The molecule has 3 N–H and O–H groups in total. The molecule has 0 unspecified atom stereocenters. The fraction of sp³-hybridized carbons (Fsp3) is 0.533. The standard InChI is InChI=1S/C15H24N2O2/c1-12-8-9-14(19-2)13(11-12)17-15(18)7-5-3-4-6-10-16/h8-9,11H,3-7,10,16H2,1-2H3,(H,17,18). The third-order valence-electron chi connectivity index (χ3n) is 2.99. The molecule has 1 aromatic rings. The van der Waals surface area contributed by atoms with E-state index in [4.69, 9.17) is 10.5 Å². The molecule has 19 heavy (non-hydrogen) atoms. The van der Waals surface area contributed by atoms with Crippen LogP contribution >= 0.6 is 0 Å². The topological polar surface area (TPSA) is 64.3 Å². The summed E-state index contributed by atoms with van der Waals surface area (Å²) in [5.41, 5.74) is 7.27. The summed E-state index contributed by atoms with van der Waals surface area (Å²) in [4.78, 5) is 11.8. The Kier molecular flexibility index (Phi) is 6.97. The number of methoxy groups -OCH3 is 1. The molecule has 106 valence electrons. The van der Waals surface area contributed by atoms with Gasteiger partial charge in [-0.15, -0.1) is 0 Å². The Morgan fingerprint density at radius 2 is 2.00 bits per heavy atom. The van der Waals surface area contributed by atoms with Gasteiger partial charge in [0.2, 0.25) is 5.91 Å². The number of unbranched alkanes of at least 4 members (excludes halogenated alkanes) is 3. The first-order valence-corrected chi connectivity index (χ1v) is 6.82. The molecular formula is C15H24N2O2. The highest BCUT2D eigenvalue weighted by atomic mass is 16.5. The van der Waals surface area contributed by atoms with Crippen molar-refractivity contribution >= 4 is 11.6 Å². The lowest BCUT2D eigenvalue weighted by Gasteiger charge is -2.11. The first kappa shape index (κ1) is 15.5. The van der Waals surface area contributed by atoms with Crippen molar-refractivity contribution in [2.75, 3.05) is 19.0 Å². The summed E-state index contributed by atoms with van der Waals surface area (Å²) in [7, 11) is 1.60. The average molecular weight is 264 g/mol. The highest BCUT2D eigenvalue weighted by molar-refractivity contribution is 5.92. The molecule has 0 aromatic heterocycles. The van der Waals surface area contributed by atoms with E-state index in [1.165, 1.54) is 0 Å². The molecule has 1 amide bonds. The Balaban J connectivity index is 2.41. The largest absolute Gasteiger partial charge is 0.495 e. The van der Waals surface area contributed by atoms with Crippen molar-refractivity contribution in [3.05, 3.63) is 23.8 Å². The van der Waals surface area contributed by atoms with Gasteiger partial charge < -0.3 is 15.8 Å². The van der Waals surface area contributed by atoms with Crippen LogP contribution in [0.25, 0.3) is 0 Å². The highest BCUT2D eigenvalue weighted by Crippen LogP contribution is 2.25. The maximum atomic E-state index is 11.8. The molecule has 0 saturated carbocycles. The minimum atomic E-state index is 0.0386. The van der Waals surface area contributed by atoms with E-state index < -0.39 is 0 Å². The fourth-order valence-electron chi connectivity index (χ4n) is 1.92. The van der Waals surface area contributed by atoms with Crippen LogP contribution in [-0.2, 0) is 4.79 Å². The van der Waals surface area contributed by atoms with Crippen molar-refractivity contribution in [3.63, 3.8) is 0 Å². The summed E-state index contributed by atoms with van der Waals surface area (Å²) in [6.45, 7) is 2.72. The van der Waals surface area contributed by atoms with Gasteiger partial charge in [0, 0.05) is 6.42 Å². The van der Waals surface area contributed by atoms with Crippen molar-refractivity contribution in [1.29, 1.82) is 0 Å². The van der Waals surface area contributed by atoms with Gasteiger partial charge in [-0.05, 0) is 44.0 Å². The summed E-state index contributed by atoms with van der Waals surface area (Å²) >= 11 is 0. The Hall–Kier alpha value is -1.55. The molecule has 1 aromatic carbocycles. The second kappa shape index (κ2) is 8.53. The molecule has 0 aliphatic rings. The number of anilines is 1. The zero-order valence-electron chi connectivity index (χ0n) is 11.9. The van der Waals surface area contributed by atoms with E-state index in [2.05, 4.69) is 5.32 Å². The fourth-order valence-corrected chi connectivity index (χ4v) is 1.92. The summed E-state index contributed by atoms with van der Waals surface area (Å²) in [6.07, 6.45) is 4.63. The second-order valence-electron chi connectivity index (χ2n) is 4.70. The quantitative estimate of drug-likeness (QED) is 0.710. The van der Waals surface area contributed by atoms with Gasteiger partial charge in [-0.25, -0.2) is 0 Å². The number of hydrogen-bond acceptors (Lipinski definition) is 3. The maximum absolute atomic E-state index is 11.8. The molecule has 0 radical (unpaired) electrons. The molecule has 1 rings (SSSR count). The predicted molar refractivity (Wildman–Crippen MR) is 78.5 cm³/mol. The van der Waals surface area contributed by atoms with E-state index in [0.717, 1.165) is 43.5 Å². The maximum Gasteiger partial charge on any atom is 0.224 e. The van der Waals surface area contributed by atoms with E-state index in [0.29, 0.717) is 12.2 Å². The van der Waals surface area contributed by atoms with Gasteiger partial charge in [0.1, 0.15) is 5.75 Å². The molecule has 0 aliphatic carbocycles. The monoisotopic (exact) mass is 264 g/mol. The molecule has 0 aliphatic heterocycles. The van der Waals surface area contributed by atoms with Crippen LogP contribution in [0.2, 0.25) is 0 Å². The Morgan fingerprint density at radius 1 is 1.26 bits per heavy atom. The van der Waals surface area contributed by atoms with E-state index in [-0.39, 0.29) is 5.91 Å². The van der Waals surface area contributed by atoms with Crippen molar-refractivity contribution in [2.45, 2.75) is 39.0 Å². The Morgan fingerprint density at radius 3 is 2.68 bits per heavy atom.